The lowest BCUT2D eigenvalue weighted by molar-refractivity contribution is -0.113. The molecule has 0 aliphatic carbocycles. The normalized spacial score (nSPS) is 17.9. The highest BCUT2D eigenvalue weighted by Crippen LogP contribution is 2.19. The van der Waals surface area contributed by atoms with Crippen LogP contribution in [0.5, 0.6) is 0 Å². The van der Waals surface area contributed by atoms with E-state index in [9.17, 15) is 4.79 Å². The number of nitrogens with one attached hydrogen (secondary N) is 1. The Kier molecular flexibility index (Phi) is 4.86. The molecule has 1 aromatic carbocycles. The number of piperidine rings is 1. The summed E-state index contributed by atoms with van der Waals surface area (Å²) in [6, 6.07) is 8.23. The molecule has 3 heteroatoms. The topological polar surface area (TPSA) is 44.2 Å². The van der Waals surface area contributed by atoms with Gasteiger partial charge in [-0.15, -0.1) is 0 Å². The van der Waals surface area contributed by atoms with Gasteiger partial charge in [-0.1, -0.05) is 37.6 Å². The molecule has 1 unspecified atom stereocenters. The van der Waals surface area contributed by atoms with Gasteiger partial charge < -0.3 is 5.41 Å². The molecule has 2 rings (SSSR count). The molecule has 1 N–H and O–H groups in total. The Bertz CT molecular complexity index is 450. The maximum atomic E-state index is 11.6. The third-order valence-electron chi connectivity index (χ3n) is 3.87. The average molecular weight is 258 g/mol. The zero-order chi connectivity index (χ0) is 13.7. The highest BCUT2D eigenvalue weighted by molar-refractivity contribution is 6.28. The Labute approximate surface area is 115 Å². The van der Waals surface area contributed by atoms with Crippen molar-refractivity contribution in [3.8, 4) is 0 Å². The Morgan fingerprint density at radius 3 is 2.79 bits per heavy atom. The zero-order valence-corrected chi connectivity index (χ0v) is 11.6. The van der Waals surface area contributed by atoms with Crippen LogP contribution < -0.4 is 0 Å². The van der Waals surface area contributed by atoms with Crippen molar-refractivity contribution in [2.75, 3.05) is 13.1 Å². The second-order valence-corrected chi connectivity index (χ2v) is 5.35. The van der Waals surface area contributed by atoms with Crippen molar-refractivity contribution >= 4 is 12.0 Å². The van der Waals surface area contributed by atoms with E-state index in [1.807, 2.05) is 19.1 Å². The molecule has 102 valence electrons. The lowest BCUT2D eigenvalue weighted by Crippen LogP contribution is -2.29. The van der Waals surface area contributed by atoms with Crippen molar-refractivity contribution in [2.24, 2.45) is 0 Å². The van der Waals surface area contributed by atoms with Gasteiger partial charge in [-0.05, 0) is 37.1 Å². The predicted molar refractivity (Wildman–Crippen MR) is 77.8 cm³/mol. The van der Waals surface area contributed by atoms with E-state index in [-0.39, 0.29) is 11.7 Å². The number of ketones is 1. The molecule has 19 heavy (non-hydrogen) atoms. The highest BCUT2D eigenvalue weighted by Gasteiger charge is 2.14. The van der Waals surface area contributed by atoms with Gasteiger partial charge in [0.2, 0.25) is 0 Å². The monoisotopic (exact) mass is 258 g/mol. The fourth-order valence-corrected chi connectivity index (χ4v) is 2.63. The highest BCUT2D eigenvalue weighted by atomic mass is 16.1. The van der Waals surface area contributed by atoms with Crippen LogP contribution in [-0.4, -0.2) is 30.0 Å². The minimum absolute atomic E-state index is 0.130. The van der Waals surface area contributed by atoms with Gasteiger partial charge in [-0.3, -0.25) is 9.69 Å². The Hall–Kier alpha value is -1.48. The molecule has 0 spiro atoms. The van der Waals surface area contributed by atoms with Crippen LogP contribution >= 0.6 is 0 Å². The van der Waals surface area contributed by atoms with E-state index in [0.717, 1.165) is 18.3 Å². The first-order valence-corrected chi connectivity index (χ1v) is 7.06. The third-order valence-corrected chi connectivity index (χ3v) is 3.87. The summed E-state index contributed by atoms with van der Waals surface area (Å²) in [4.78, 5) is 14.0. The first kappa shape index (κ1) is 13.9. The van der Waals surface area contributed by atoms with Gasteiger partial charge in [0, 0.05) is 12.5 Å². The van der Waals surface area contributed by atoms with Gasteiger partial charge in [-0.25, -0.2) is 0 Å². The maximum Gasteiger partial charge on any atom is 0.180 e. The smallest absolute Gasteiger partial charge is 0.180 e. The molecule has 0 aromatic heterocycles. The summed E-state index contributed by atoms with van der Waals surface area (Å²) >= 11 is 0. The SMILES string of the molecule is CC(C(=O)C=N)c1cccc(CN2CCCCC2)c1. The summed E-state index contributed by atoms with van der Waals surface area (Å²) in [6.45, 7) is 5.20. The number of benzene rings is 1. The molecule has 1 aliphatic heterocycles. The minimum atomic E-state index is -0.209. The van der Waals surface area contributed by atoms with Crippen molar-refractivity contribution in [2.45, 2.75) is 38.6 Å². The zero-order valence-electron chi connectivity index (χ0n) is 11.6. The van der Waals surface area contributed by atoms with E-state index in [1.54, 1.807) is 0 Å². The van der Waals surface area contributed by atoms with Crippen molar-refractivity contribution in [1.29, 1.82) is 5.41 Å². The van der Waals surface area contributed by atoms with Crippen molar-refractivity contribution in [3.63, 3.8) is 0 Å². The van der Waals surface area contributed by atoms with E-state index in [1.165, 1.54) is 37.9 Å². The number of carbonyl (C=O) groups excluding carboxylic acids is 1. The number of likely N-dealkylation sites (tertiary alicyclic amines) is 1. The molecule has 0 bridgehead atoms. The van der Waals surface area contributed by atoms with Gasteiger partial charge in [0.05, 0.1) is 6.21 Å². The van der Waals surface area contributed by atoms with Crippen molar-refractivity contribution in [3.05, 3.63) is 35.4 Å². The number of carbonyl (C=O) groups is 1. The molecule has 0 amide bonds. The predicted octanol–water partition coefficient (Wildman–Crippen LogP) is 2.99. The molecule has 1 atom stereocenters. The van der Waals surface area contributed by atoms with Crippen molar-refractivity contribution in [1.82, 2.24) is 4.90 Å². The first-order chi connectivity index (χ1) is 9.20. The van der Waals surface area contributed by atoms with Crippen LogP contribution in [0.3, 0.4) is 0 Å². The molecule has 0 saturated carbocycles. The fraction of sp³-hybridized carbons (Fsp3) is 0.500. The average Bonchev–Trinajstić information content (AvgIpc) is 2.47. The van der Waals surface area contributed by atoms with E-state index >= 15 is 0 Å². The number of hydrogen-bond acceptors (Lipinski definition) is 3. The van der Waals surface area contributed by atoms with Crippen LogP contribution in [0.4, 0.5) is 0 Å². The molecule has 0 radical (unpaired) electrons. The summed E-state index contributed by atoms with van der Waals surface area (Å²) in [5.74, 6) is -0.339. The molecule has 3 nitrogen and oxygen atoms in total. The summed E-state index contributed by atoms with van der Waals surface area (Å²) in [5.41, 5.74) is 2.28. The lowest BCUT2D eigenvalue weighted by Gasteiger charge is -2.26. The molecule has 1 aromatic rings. The van der Waals surface area contributed by atoms with E-state index in [2.05, 4.69) is 17.0 Å². The number of Topliss-reactive ketones (excluding diaryl/α,β-unsaturated/α-hetero) is 1. The summed E-state index contributed by atoms with van der Waals surface area (Å²) in [7, 11) is 0. The molecule has 1 aliphatic rings. The van der Waals surface area contributed by atoms with Crippen LogP contribution in [0.15, 0.2) is 24.3 Å². The quantitative estimate of drug-likeness (QED) is 0.825. The molecule has 1 heterocycles. The van der Waals surface area contributed by atoms with Gasteiger partial charge in [0.15, 0.2) is 5.78 Å². The van der Waals surface area contributed by atoms with Gasteiger partial charge in [0.25, 0.3) is 0 Å². The Balaban J connectivity index is 2.05. The van der Waals surface area contributed by atoms with Gasteiger partial charge >= 0.3 is 0 Å². The molecular formula is C16H22N2O. The maximum absolute atomic E-state index is 11.6. The molecule has 1 fully saturated rings. The minimum Gasteiger partial charge on any atom is -0.305 e. The standard InChI is InChI=1S/C16H22N2O/c1-13(16(19)11-17)15-7-5-6-14(10-15)12-18-8-3-2-4-9-18/h5-7,10-11,13,17H,2-4,8-9,12H2,1H3. The Morgan fingerprint density at radius 2 is 2.11 bits per heavy atom. The first-order valence-electron chi connectivity index (χ1n) is 7.06. The molecule has 1 saturated heterocycles. The second kappa shape index (κ2) is 6.62. The van der Waals surface area contributed by atoms with Crippen LogP contribution in [0.2, 0.25) is 0 Å². The fourth-order valence-electron chi connectivity index (χ4n) is 2.63. The van der Waals surface area contributed by atoms with E-state index in [4.69, 9.17) is 5.41 Å². The largest absolute Gasteiger partial charge is 0.305 e. The van der Waals surface area contributed by atoms with Crippen LogP contribution in [0.1, 0.15) is 43.2 Å². The lowest BCUT2D eigenvalue weighted by atomic mass is 9.95. The summed E-state index contributed by atoms with van der Waals surface area (Å²) in [5, 5.41) is 7.06. The summed E-state index contributed by atoms with van der Waals surface area (Å²) < 4.78 is 0. The van der Waals surface area contributed by atoms with Crippen LogP contribution in [0, 0.1) is 5.41 Å². The molecular weight excluding hydrogens is 236 g/mol. The number of rotatable bonds is 5. The van der Waals surface area contributed by atoms with E-state index < -0.39 is 0 Å². The number of hydrogen-bond donors (Lipinski definition) is 1. The van der Waals surface area contributed by atoms with Gasteiger partial charge in [0.1, 0.15) is 0 Å². The second-order valence-electron chi connectivity index (χ2n) is 5.35. The third kappa shape index (κ3) is 3.74. The Morgan fingerprint density at radius 1 is 1.37 bits per heavy atom. The van der Waals surface area contributed by atoms with Crippen LogP contribution in [0.25, 0.3) is 0 Å². The summed E-state index contributed by atoms with van der Waals surface area (Å²) in [6.07, 6.45) is 4.86. The van der Waals surface area contributed by atoms with Crippen LogP contribution in [-0.2, 0) is 11.3 Å². The van der Waals surface area contributed by atoms with Crippen molar-refractivity contribution < 1.29 is 4.79 Å². The number of nitrogens with zero attached hydrogens (tertiary/aromatic N) is 1. The van der Waals surface area contributed by atoms with E-state index in [0.29, 0.717) is 0 Å². The van der Waals surface area contributed by atoms with Gasteiger partial charge in [-0.2, -0.15) is 0 Å².